The summed E-state index contributed by atoms with van der Waals surface area (Å²) < 4.78 is 2.17. The van der Waals surface area contributed by atoms with Crippen molar-refractivity contribution in [2.75, 3.05) is 7.05 Å². The molecule has 0 bridgehead atoms. The van der Waals surface area contributed by atoms with Gasteiger partial charge in [0.05, 0.1) is 11.2 Å². The number of fused-ring (bicyclic) bond motifs is 1. The monoisotopic (exact) mass is 293 g/mol. The standard InChI is InChI=1S/C17H19N5/c1-12-21-17-16(8-14(10-20-17)15(9-18)19-2)22(12)11-13-6-4-3-5-7-13/h3-10,19H,11,18H2,1-2H3/b15-9-. The molecule has 0 aliphatic rings. The molecule has 2 aromatic heterocycles. The molecule has 0 saturated heterocycles. The van der Waals surface area contributed by atoms with E-state index in [9.17, 15) is 0 Å². The lowest BCUT2D eigenvalue weighted by atomic mass is 10.2. The van der Waals surface area contributed by atoms with Gasteiger partial charge in [0.25, 0.3) is 0 Å². The number of hydrogen-bond donors (Lipinski definition) is 2. The van der Waals surface area contributed by atoms with Crippen LogP contribution in [0.4, 0.5) is 0 Å². The second-order valence-corrected chi connectivity index (χ2v) is 5.13. The lowest BCUT2D eigenvalue weighted by molar-refractivity contribution is 0.786. The number of nitrogens with zero attached hydrogens (tertiary/aromatic N) is 3. The summed E-state index contributed by atoms with van der Waals surface area (Å²) in [6.45, 7) is 2.78. The van der Waals surface area contributed by atoms with E-state index < -0.39 is 0 Å². The van der Waals surface area contributed by atoms with Crippen molar-refractivity contribution in [3.8, 4) is 0 Å². The van der Waals surface area contributed by atoms with Crippen LogP contribution in [0, 0.1) is 6.92 Å². The summed E-state index contributed by atoms with van der Waals surface area (Å²) in [7, 11) is 1.84. The van der Waals surface area contributed by atoms with Gasteiger partial charge in [-0.25, -0.2) is 9.97 Å². The summed E-state index contributed by atoms with van der Waals surface area (Å²) in [4.78, 5) is 8.99. The van der Waals surface area contributed by atoms with Crippen LogP contribution in [0.3, 0.4) is 0 Å². The molecule has 112 valence electrons. The van der Waals surface area contributed by atoms with E-state index in [1.807, 2.05) is 32.2 Å². The highest BCUT2D eigenvalue weighted by Gasteiger charge is 2.11. The lowest BCUT2D eigenvalue weighted by Crippen LogP contribution is -2.07. The topological polar surface area (TPSA) is 68.8 Å². The van der Waals surface area contributed by atoms with Gasteiger partial charge in [-0.1, -0.05) is 30.3 Å². The van der Waals surface area contributed by atoms with Crippen molar-refractivity contribution in [1.29, 1.82) is 0 Å². The van der Waals surface area contributed by atoms with Gasteiger partial charge < -0.3 is 15.6 Å². The van der Waals surface area contributed by atoms with Crippen LogP contribution in [0.2, 0.25) is 0 Å². The highest BCUT2D eigenvalue weighted by atomic mass is 15.1. The van der Waals surface area contributed by atoms with Crippen LogP contribution in [0.5, 0.6) is 0 Å². The molecule has 0 aliphatic carbocycles. The largest absolute Gasteiger partial charge is 0.403 e. The predicted molar refractivity (Wildman–Crippen MR) is 89.0 cm³/mol. The number of rotatable bonds is 4. The third-order valence-electron chi connectivity index (χ3n) is 3.73. The summed E-state index contributed by atoms with van der Waals surface area (Å²) in [5.74, 6) is 0.950. The van der Waals surface area contributed by atoms with Crippen molar-refractivity contribution in [3.63, 3.8) is 0 Å². The number of aryl methyl sites for hydroxylation is 1. The molecule has 0 fully saturated rings. The van der Waals surface area contributed by atoms with E-state index in [0.29, 0.717) is 0 Å². The van der Waals surface area contributed by atoms with Crippen LogP contribution in [0.1, 0.15) is 17.0 Å². The second kappa shape index (κ2) is 5.89. The van der Waals surface area contributed by atoms with Crippen LogP contribution in [0.15, 0.2) is 48.8 Å². The van der Waals surface area contributed by atoms with E-state index in [4.69, 9.17) is 5.73 Å². The molecule has 5 nitrogen and oxygen atoms in total. The molecule has 0 saturated carbocycles. The van der Waals surface area contributed by atoms with Gasteiger partial charge in [-0.05, 0) is 18.6 Å². The Bertz CT molecular complexity index is 818. The van der Waals surface area contributed by atoms with Crippen molar-refractivity contribution in [2.45, 2.75) is 13.5 Å². The molecule has 3 N–H and O–H groups in total. The quantitative estimate of drug-likeness (QED) is 0.774. The Morgan fingerprint density at radius 2 is 2.09 bits per heavy atom. The fraction of sp³-hybridized carbons (Fsp3) is 0.176. The van der Waals surface area contributed by atoms with Gasteiger partial charge in [-0.15, -0.1) is 0 Å². The van der Waals surface area contributed by atoms with Crippen molar-refractivity contribution in [3.05, 3.63) is 65.7 Å². The Hall–Kier alpha value is -2.82. The molecule has 2 heterocycles. The smallest absolute Gasteiger partial charge is 0.177 e. The highest BCUT2D eigenvalue weighted by Crippen LogP contribution is 2.20. The summed E-state index contributed by atoms with van der Waals surface area (Å²) in [6.07, 6.45) is 3.34. The van der Waals surface area contributed by atoms with E-state index in [1.54, 1.807) is 12.4 Å². The Morgan fingerprint density at radius 1 is 1.32 bits per heavy atom. The predicted octanol–water partition coefficient (Wildman–Crippen LogP) is 2.26. The van der Waals surface area contributed by atoms with Crippen molar-refractivity contribution < 1.29 is 0 Å². The summed E-state index contributed by atoms with van der Waals surface area (Å²) in [5.41, 5.74) is 10.4. The molecule has 0 aliphatic heterocycles. The first-order chi connectivity index (χ1) is 10.7. The van der Waals surface area contributed by atoms with Crippen LogP contribution >= 0.6 is 0 Å². The SMILES string of the molecule is CN/C(=C\N)c1cnc2nc(C)n(Cc3ccccc3)c2c1. The minimum atomic E-state index is 0.754. The molecule has 0 amide bonds. The maximum absolute atomic E-state index is 5.65. The summed E-state index contributed by atoms with van der Waals surface area (Å²) >= 11 is 0. The van der Waals surface area contributed by atoms with E-state index in [-0.39, 0.29) is 0 Å². The molecular weight excluding hydrogens is 274 g/mol. The van der Waals surface area contributed by atoms with Crippen LogP contribution < -0.4 is 11.1 Å². The van der Waals surface area contributed by atoms with Gasteiger partial charge >= 0.3 is 0 Å². The van der Waals surface area contributed by atoms with E-state index in [2.05, 4.69) is 38.1 Å². The molecule has 0 atom stereocenters. The Morgan fingerprint density at radius 3 is 2.77 bits per heavy atom. The highest BCUT2D eigenvalue weighted by molar-refractivity contribution is 5.77. The fourth-order valence-electron chi connectivity index (χ4n) is 2.56. The Balaban J connectivity index is 2.09. The van der Waals surface area contributed by atoms with Gasteiger partial charge in [-0.2, -0.15) is 0 Å². The van der Waals surface area contributed by atoms with E-state index in [0.717, 1.165) is 34.8 Å². The lowest BCUT2D eigenvalue weighted by Gasteiger charge is -2.09. The van der Waals surface area contributed by atoms with Crippen LogP contribution in [-0.2, 0) is 6.54 Å². The third-order valence-corrected chi connectivity index (χ3v) is 3.73. The molecule has 1 aromatic carbocycles. The zero-order valence-corrected chi connectivity index (χ0v) is 12.7. The average Bonchev–Trinajstić information content (AvgIpc) is 2.85. The van der Waals surface area contributed by atoms with Crippen molar-refractivity contribution in [2.24, 2.45) is 5.73 Å². The number of imidazole rings is 1. The molecular formula is C17H19N5. The first-order valence-corrected chi connectivity index (χ1v) is 7.19. The third kappa shape index (κ3) is 2.53. The molecule has 5 heteroatoms. The maximum Gasteiger partial charge on any atom is 0.177 e. The van der Waals surface area contributed by atoms with E-state index >= 15 is 0 Å². The van der Waals surface area contributed by atoms with Gasteiger partial charge in [0.1, 0.15) is 5.82 Å². The number of pyridine rings is 1. The minimum absolute atomic E-state index is 0.754. The molecule has 0 radical (unpaired) electrons. The zero-order chi connectivity index (χ0) is 15.5. The van der Waals surface area contributed by atoms with Crippen molar-refractivity contribution >= 4 is 16.9 Å². The molecule has 0 unspecified atom stereocenters. The number of benzene rings is 1. The molecule has 22 heavy (non-hydrogen) atoms. The molecule has 3 aromatic rings. The number of hydrogen-bond acceptors (Lipinski definition) is 4. The Labute approximate surface area is 129 Å². The van der Waals surface area contributed by atoms with Gasteiger partial charge in [0.15, 0.2) is 5.65 Å². The molecule has 3 rings (SSSR count). The fourth-order valence-corrected chi connectivity index (χ4v) is 2.56. The van der Waals surface area contributed by atoms with Gasteiger partial charge in [-0.3, -0.25) is 0 Å². The second-order valence-electron chi connectivity index (χ2n) is 5.13. The van der Waals surface area contributed by atoms with Crippen molar-refractivity contribution in [1.82, 2.24) is 19.9 Å². The zero-order valence-electron chi connectivity index (χ0n) is 12.7. The molecule has 0 spiro atoms. The number of nitrogens with two attached hydrogens (primary N) is 1. The normalized spacial score (nSPS) is 11.8. The van der Waals surface area contributed by atoms with E-state index in [1.165, 1.54) is 5.56 Å². The van der Waals surface area contributed by atoms with Gasteiger partial charge in [0, 0.05) is 31.6 Å². The number of nitrogens with one attached hydrogen (secondary N) is 1. The number of aromatic nitrogens is 3. The van der Waals surface area contributed by atoms with Crippen LogP contribution in [-0.4, -0.2) is 21.6 Å². The van der Waals surface area contributed by atoms with Gasteiger partial charge in [0.2, 0.25) is 0 Å². The summed E-state index contributed by atoms with van der Waals surface area (Å²) in [6, 6.07) is 12.4. The Kier molecular flexibility index (Phi) is 3.78. The maximum atomic E-state index is 5.65. The summed E-state index contributed by atoms with van der Waals surface area (Å²) in [5, 5.41) is 3.08. The minimum Gasteiger partial charge on any atom is -0.403 e. The average molecular weight is 293 g/mol. The first kappa shape index (κ1) is 14.1. The first-order valence-electron chi connectivity index (χ1n) is 7.19. The van der Waals surface area contributed by atoms with Crippen LogP contribution in [0.25, 0.3) is 16.9 Å².